The predicted octanol–water partition coefficient (Wildman–Crippen LogP) is 3.82. The summed E-state index contributed by atoms with van der Waals surface area (Å²) < 4.78 is 0. The van der Waals surface area contributed by atoms with Crippen molar-refractivity contribution in [2.24, 2.45) is 11.7 Å². The summed E-state index contributed by atoms with van der Waals surface area (Å²) in [6.45, 7) is 2.23. The van der Waals surface area contributed by atoms with Gasteiger partial charge in [-0.1, -0.05) is 45.4 Å². The molecule has 0 saturated heterocycles. The Morgan fingerprint density at radius 1 is 1.12 bits per heavy atom. The van der Waals surface area contributed by atoms with Crippen molar-refractivity contribution in [2.45, 2.75) is 83.6 Å². The maximum atomic E-state index is 12.0. The van der Waals surface area contributed by atoms with Crippen molar-refractivity contribution in [3.05, 3.63) is 0 Å². The molecule has 0 aromatic rings. The van der Waals surface area contributed by atoms with Gasteiger partial charge in [0.1, 0.15) is 5.78 Å². The van der Waals surface area contributed by atoms with E-state index in [2.05, 4.69) is 6.92 Å². The number of hydrogen-bond acceptors (Lipinski definition) is 2. The average molecular weight is 239 g/mol. The number of carbonyl (C=O) groups is 1. The van der Waals surface area contributed by atoms with Crippen LogP contribution in [0.25, 0.3) is 0 Å². The first-order valence-electron chi connectivity index (χ1n) is 7.52. The molecule has 0 bridgehead atoms. The van der Waals surface area contributed by atoms with E-state index in [9.17, 15) is 4.79 Å². The fourth-order valence-electron chi connectivity index (χ4n) is 2.80. The van der Waals surface area contributed by atoms with Gasteiger partial charge in [0.2, 0.25) is 0 Å². The quantitative estimate of drug-likeness (QED) is 0.654. The summed E-state index contributed by atoms with van der Waals surface area (Å²) in [6, 6.07) is 0.280. The number of Topliss-reactive ketones (excluding diaryl/α,β-unsaturated/α-hetero) is 1. The first-order valence-corrected chi connectivity index (χ1v) is 7.52. The Bertz CT molecular complexity index is 215. The monoisotopic (exact) mass is 239 g/mol. The second-order valence-corrected chi connectivity index (χ2v) is 5.61. The Labute approximate surface area is 106 Å². The highest BCUT2D eigenvalue weighted by molar-refractivity contribution is 5.81. The van der Waals surface area contributed by atoms with Gasteiger partial charge in [0.05, 0.1) is 0 Å². The summed E-state index contributed by atoms with van der Waals surface area (Å²) in [5, 5.41) is 0. The van der Waals surface area contributed by atoms with E-state index in [-0.39, 0.29) is 12.0 Å². The zero-order chi connectivity index (χ0) is 12.5. The highest BCUT2D eigenvalue weighted by Gasteiger charge is 2.24. The van der Waals surface area contributed by atoms with E-state index in [1.807, 2.05) is 0 Å². The summed E-state index contributed by atoms with van der Waals surface area (Å²) in [7, 11) is 0. The fourth-order valence-corrected chi connectivity index (χ4v) is 2.80. The Morgan fingerprint density at radius 3 is 2.53 bits per heavy atom. The van der Waals surface area contributed by atoms with Crippen LogP contribution in [0.4, 0.5) is 0 Å². The standard InChI is InChI=1S/C15H29NO/c1-2-3-4-5-6-7-11-15(17)13-9-8-10-14(16)12-13/h13-14H,2-12,16H2,1H3. The van der Waals surface area contributed by atoms with Crippen LogP contribution in [0.15, 0.2) is 0 Å². The van der Waals surface area contributed by atoms with Crippen LogP contribution in [0, 0.1) is 5.92 Å². The minimum atomic E-state index is 0.280. The Kier molecular flexibility index (Phi) is 7.50. The molecule has 0 heterocycles. The van der Waals surface area contributed by atoms with Crippen LogP contribution in [0.5, 0.6) is 0 Å². The third kappa shape index (κ3) is 6.21. The van der Waals surface area contributed by atoms with Crippen molar-refractivity contribution in [3.63, 3.8) is 0 Å². The molecule has 1 saturated carbocycles. The van der Waals surface area contributed by atoms with E-state index in [4.69, 9.17) is 5.73 Å². The third-order valence-corrected chi connectivity index (χ3v) is 3.95. The molecule has 1 aliphatic carbocycles. The van der Waals surface area contributed by atoms with Crippen molar-refractivity contribution in [1.29, 1.82) is 0 Å². The van der Waals surface area contributed by atoms with E-state index in [0.29, 0.717) is 5.78 Å². The number of nitrogens with two attached hydrogens (primary N) is 1. The summed E-state index contributed by atoms with van der Waals surface area (Å²) in [5.74, 6) is 0.769. The summed E-state index contributed by atoms with van der Waals surface area (Å²) in [6.07, 6.45) is 12.7. The van der Waals surface area contributed by atoms with E-state index in [0.717, 1.165) is 38.5 Å². The van der Waals surface area contributed by atoms with Crippen LogP contribution in [0.3, 0.4) is 0 Å². The lowest BCUT2D eigenvalue weighted by Gasteiger charge is -2.25. The summed E-state index contributed by atoms with van der Waals surface area (Å²) in [5.41, 5.74) is 5.92. The molecule has 0 aromatic carbocycles. The largest absolute Gasteiger partial charge is 0.328 e. The van der Waals surface area contributed by atoms with E-state index >= 15 is 0 Å². The lowest BCUT2D eigenvalue weighted by atomic mass is 9.82. The maximum absolute atomic E-state index is 12.0. The molecule has 2 nitrogen and oxygen atoms in total. The molecule has 0 spiro atoms. The highest BCUT2D eigenvalue weighted by atomic mass is 16.1. The van der Waals surface area contributed by atoms with Crippen molar-refractivity contribution < 1.29 is 4.79 Å². The second-order valence-electron chi connectivity index (χ2n) is 5.61. The van der Waals surface area contributed by atoms with Crippen LogP contribution in [-0.2, 0) is 4.79 Å². The SMILES string of the molecule is CCCCCCCCC(=O)C1CCCC(N)C1. The van der Waals surface area contributed by atoms with Crippen LogP contribution < -0.4 is 5.73 Å². The molecule has 100 valence electrons. The Hall–Kier alpha value is -0.370. The zero-order valence-electron chi connectivity index (χ0n) is 11.4. The number of rotatable bonds is 8. The molecular formula is C15H29NO. The summed E-state index contributed by atoms with van der Waals surface area (Å²) >= 11 is 0. The van der Waals surface area contributed by atoms with Gasteiger partial charge in [-0.3, -0.25) is 4.79 Å². The lowest BCUT2D eigenvalue weighted by Crippen LogP contribution is -2.31. The fraction of sp³-hybridized carbons (Fsp3) is 0.933. The van der Waals surface area contributed by atoms with Crippen molar-refractivity contribution >= 4 is 5.78 Å². The first-order chi connectivity index (χ1) is 8.24. The molecule has 2 heteroatoms. The normalized spacial score (nSPS) is 24.8. The third-order valence-electron chi connectivity index (χ3n) is 3.95. The second kappa shape index (κ2) is 8.68. The van der Waals surface area contributed by atoms with Crippen LogP contribution in [-0.4, -0.2) is 11.8 Å². The van der Waals surface area contributed by atoms with Gasteiger partial charge in [-0.05, 0) is 25.7 Å². The zero-order valence-corrected chi connectivity index (χ0v) is 11.4. The lowest BCUT2D eigenvalue weighted by molar-refractivity contribution is -0.124. The number of carbonyl (C=O) groups excluding carboxylic acids is 1. The molecule has 0 aromatic heterocycles. The molecule has 0 amide bonds. The molecular weight excluding hydrogens is 210 g/mol. The van der Waals surface area contributed by atoms with Gasteiger partial charge in [-0.15, -0.1) is 0 Å². The minimum absolute atomic E-state index is 0.280. The molecule has 1 aliphatic rings. The molecule has 0 radical (unpaired) electrons. The average Bonchev–Trinajstić information content (AvgIpc) is 2.33. The molecule has 1 rings (SSSR count). The van der Waals surface area contributed by atoms with E-state index in [1.165, 1.54) is 32.1 Å². The molecule has 1 fully saturated rings. The van der Waals surface area contributed by atoms with Crippen LogP contribution >= 0.6 is 0 Å². The van der Waals surface area contributed by atoms with Gasteiger partial charge in [0.15, 0.2) is 0 Å². The minimum Gasteiger partial charge on any atom is -0.328 e. The topological polar surface area (TPSA) is 43.1 Å². The number of hydrogen-bond donors (Lipinski definition) is 1. The van der Waals surface area contributed by atoms with E-state index in [1.54, 1.807) is 0 Å². The number of ketones is 1. The Morgan fingerprint density at radius 2 is 1.82 bits per heavy atom. The van der Waals surface area contributed by atoms with Gasteiger partial charge in [-0.25, -0.2) is 0 Å². The van der Waals surface area contributed by atoms with Gasteiger partial charge >= 0.3 is 0 Å². The molecule has 17 heavy (non-hydrogen) atoms. The van der Waals surface area contributed by atoms with Gasteiger partial charge in [0.25, 0.3) is 0 Å². The van der Waals surface area contributed by atoms with Crippen molar-refractivity contribution in [1.82, 2.24) is 0 Å². The molecule has 2 unspecified atom stereocenters. The smallest absolute Gasteiger partial charge is 0.136 e. The first kappa shape index (κ1) is 14.7. The Balaban J connectivity index is 2.04. The van der Waals surface area contributed by atoms with Gasteiger partial charge in [0, 0.05) is 18.4 Å². The van der Waals surface area contributed by atoms with Gasteiger partial charge in [-0.2, -0.15) is 0 Å². The maximum Gasteiger partial charge on any atom is 0.136 e. The predicted molar refractivity (Wildman–Crippen MR) is 72.9 cm³/mol. The number of unbranched alkanes of at least 4 members (excludes halogenated alkanes) is 5. The van der Waals surface area contributed by atoms with Gasteiger partial charge < -0.3 is 5.73 Å². The van der Waals surface area contributed by atoms with Crippen molar-refractivity contribution in [2.75, 3.05) is 0 Å². The molecule has 2 atom stereocenters. The van der Waals surface area contributed by atoms with Crippen molar-refractivity contribution in [3.8, 4) is 0 Å². The van der Waals surface area contributed by atoms with Crippen LogP contribution in [0.2, 0.25) is 0 Å². The highest BCUT2D eigenvalue weighted by Crippen LogP contribution is 2.25. The van der Waals surface area contributed by atoms with Crippen LogP contribution in [0.1, 0.15) is 77.6 Å². The van der Waals surface area contributed by atoms with E-state index < -0.39 is 0 Å². The molecule has 0 aliphatic heterocycles. The molecule has 2 N–H and O–H groups in total. The summed E-state index contributed by atoms with van der Waals surface area (Å²) in [4.78, 5) is 12.0.